The molecule has 9 heteroatoms. The fourth-order valence-corrected chi connectivity index (χ4v) is 3.79. The molecule has 4 N–H and O–H groups in total. The quantitative estimate of drug-likeness (QED) is 0.412. The minimum Gasteiger partial charge on any atom is -0.350 e. The van der Waals surface area contributed by atoms with Crippen LogP contribution in [0.25, 0.3) is 0 Å². The van der Waals surface area contributed by atoms with E-state index >= 15 is 0 Å². The number of amides is 1. The first kappa shape index (κ1) is 24.5. The van der Waals surface area contributed by atoms with Crippen LogP contribution in [-0.2, 0) is 18.4 Å². The normalized spacial score (nSPS) is 13.3. The summed E-state index contributed by atoms with van der Waals surface area (Å²) >= 11 is 0. The first-order chi connectivity index (χ1) is 16.6. The Morgan fingerprint density at radius 2 is 1.89 bits per heavy atom. The van der Waals surface area contributed by atoms with Crippen molar-refractivity contribution >= 4 is 29.2 Å². The van der Waals surface area contributed by atoms with Gasteiger partial charge >= 0.3 is 0 Å². The van der Waals surface area contributed by atoms with Crippen molar-refractivity contribution in [1.82, 2.24) is 25.6 Å². The molecule has 35 heavy (non-hydrogen) atoms. The molecule has 0 atom stereocenters. The smallest absolute Gasteiger partial charge is 0.256 e. The number of rotatable bonds is 6. The van der Waals surface area contributed by atoms with E-state index in [4.69, 9.17) is 0 Å². The molecular weight excluding hydrogens is 445 g/mol. The van der Waals surface area contributed by atoms with Crippen molar-refractivity contribution in [2.75, 3.05) is 17.2 Å². The van der Waals surface area contributed by atoms with E-state index in [1.807, 2.05) is 40.7 Å². The molecule has 4 rings (SSSR count). The fraction of sp³-hybridized carbons (Fsp3) is 0.385. The number of aromatic nitrogens is 3. The zero-order chi connectivity index (χ0) is 25.2. The average Bonchev–Trinajstić information content (AvgIpc) is 2.78. The summed E-state index contributed by atoms with van der Waals surface area (Å²) in [5.41, 5.74) is 3.89. The van der Waals surface area contributed by atoms with Gasteiger partial charge in [-0.3, -0.25) is 4.79 Å². The van der Waals surface area contributed by atoms with Crippen LogP contribution in [0.4, 0.5) is 27.7 Å². The third-order valence-electron chi connectivity index (χ3n) is 5.61. The van der Waals surface area contributed by atoms with E-state index < -0.39 is 5.82 Å². The molecule has 0 saturated carbocycles. The second kappa shape index (κ2) is 9.95. The van der Waals surface area contributed by atoms with Crippen LogP contribution in [-0.4, -0.2) is 33.4 Å². The van der Waals surface area contributed by atoms with E-state index in [-0.39, 0.29) is 34.6 Å². The van der Waals surface area contributed by atoms with Crippen LogP contribution in [0.15, 0.2) is 36.5 Å². The molecule has 0 spiro atoms. The number of anilines is 4. The lowest BCUT2D eigenvalue weighted by Gasteiger charge is -2.20. The standard InChI is InChI=1S/C26H32FN7O/c1-15(2)30-24(35)20-14-29-25(31-19-7-6-17-13-28-9-8-16(17)10-19)34-23(20)33-22-12-18(27)11-21(32-22)26(3,4)5/h6-7,10-12,14-15,28H,8-9,13H2,1-5H3,(H,30,35)(H2,29,31,32,33,34). The van der Waals surface area contributed by atoms with E-state index in [0.717, 1.165) is 25.2 Å². The average molecular weight is 478 g/mol. The maximum atomic E-state index is 14.4. The second-order valence-corrected chi connectivity index (χ2v) is 10.1. The summed E-state index contributed by atoms with van der Waals surface area (Å²) in [4.78, 5) is 26.3. The van der Waals surface area contributed by atoms with E-state index in [9.17, 15) is 9.18 Å². The fourth-order valence-electron chi connectivity index (χ4n) is 3.79. The molecule has 3 aromatic rings. The minimum atomic E-state index is -0.420. The Balaban J connectivity index is 1.68. The van der Waals surface area contributed by atoms with Gasteiger partial charge in [-0.2, -0.15) is 4.98 Å². The summed E-state index contributed by atoms with van der Waals surface area (Å²) in [5.74, 6) is 0.0643. The van der Waals surface area contributed by atoms with Gasteiger partial charge in [-0.05, 0) is 56.1 Å². The number of carbonyl (C=O) groups is 1. The monoisotopic (exact) mass is 477 g/mol. The molecule has 1 aliphatic heterocycles. The van der Waals surface area contributed by atoms with E-state index in [1.165, 1.54) is 29.5 Å². The number of hydrogen-bond acceptors (Lipinski definition) is 7. The summed E-state index contributed by atoms with van der Waals surface area (Å²) < 4.78 is 14.4. The number of pyridine rings is 1. The van der Waals surface area contributed by atoms with Crippen molar-refractivity contribution in [1.29, 1.82) is 0 Å². The molecule has 2 aromatic heterocycles. The summed E-state index contributed by atoms with van der Waals surface area (Å²) in [6, 6.07) is 8.78. The lowest BCUT2D eigenvalue weighted by Crippen LogP contribution is -2.31. The Labute approximate surface area is 205 Å². The summed E-state index contributed by atoms with van der Waals surface area (Å²) in [6.07, 6.45) is 2.41. The van der Waals surface area contributed by atoms with Crippen LogP contribution >= 0.6 is 0 Å². The van der Waals surface area contributed by atoms with E-state index in [1.54, 1.807) is 0 Å². The number of benzene rings is 1. The van der Waals surface area contributed by atoms with Crippen LogP contribution in [0.3, 0.4) is 0 Å². The molecule has 8 nitrogen and oxygen atoms in total. The number of carbonyl (C=O) groups excluding carboxylic acids is 1. The molecule has 0 bridgehead atoms. The number of fused-ring (bicyclic) bond motifs is 1. The van der Waals surface area contributed by atoms with Crippen molar-refractivity contribution in [2.24, 2.45) is 0 Å². The molecule has 1 aromatic carbocycles. The number of hydrogen-bond donors (Lipinski definition) is 4. The molecule has 184 valence electrons. The predicted molar refractivity (Wildman–Crippen MR) is 136 cm³/mol. The highest BCUT2D eigenvalue weighted by Gasteiger charge is 2.20. The zero-order valence-corrected chi connectivity index (χ0v) is 20.8. The van der Waals surface area contributed by atoms with Gasteiger partial charge in [-0.1, -0.05) is 26.8 Å². The van der Waals surface area contributed by atoms with Gasteiger partial charge in [0.2, 0.25) is 5.95 Å². The second-order valence-electron chi connectivity index (χ2n) is 10.1. The van der Waals surface area contributed by atoms with Gasteiger partial charge < -0.3 is 21.3 Å². The molecule has 0 saturated heterocycles. The lowest BCUT2D eigenvalue weighted by atomic mass is 9.91. The van der Waals surface area contributed by atoms with Crippen LogP contribution in [0.1, 0.15) is 61.8 Å². The maximum Gasteiger partial charge on any atom is 0.256 e. The predicted octanol–water partition coefficient (Wildman–Crippen LogP) is 4.58. The Kier molecular flexibility index (Phi) is 6.98. The zero-order valence-electron chi connectivity index (χ0n) is 20.8. The third kappa shape index (κ3) is 6.10. The van der Waals surface area contributed by atoms with Crippen LogP contribution < -0.4 is 21.3 Å². The highest BCUT2D eigenvalue weighted by molar-refractivity contribution is 5.99. The largest absolute Gasteiger partial charge is 0.350 e. The highest BCUT2D eigenvalue weighted by atomic mass is 19.1. The van der Waals surface area contributed by atoms with Gasteiger partial charge in [-0.25, -0.2) is 14.4 Å². The SMILES string of the molecule is CC(C)NC(=O)c1cnc(Nc2ccc3c(c2)CCNC3)nc1Nc1cc(F)cc(C(C)(C)C)n1. The molecule has 0 unspecified atom stereocenters. The van der Waals surface area contributed by atoms with Gasteiger partial charge in [0.25, 0.3) is 5.91 Å². The van der Waals surface area contributed by atoms with Gasteiger partial charge in [0.05, 0.1) is 5.69 Å². The lowest BCUT2D eigenvalue weighted by molar-refractivity contribution is 0.0943. The van der Waals surface area contributed by atoms with Crippen molar-refractivity contribution in [2.45, 2.75) is 59.0 Å². The number of halogens is 1. The van der Waals surface area contributed by atoms with Crippen LogP contribution in [0, 0.1) is 5.82 Å². The number of nitrogens with zero attached hydrogens (tertiary/aromatic N) is 3. The van der Waals surface area contributed by atoms with Crippen molar-refractivity contribution in [3.63, 3.8) is 0 Å². The van der Waals surface area contributed by atoms with Crippen molar-refractivity contribution in [3.05, 3.63) is 64.7 Å². The minimum absolute atomic E-state index is 0.0714. The molecule has 1 aliphatic rings. The van der Waals surface area contributed by atoms with Crippen LogP contribution in [0.5, 0.6) is 0 Å². The molecule has 1 amide bonds. The highest BCUT2D eigenvalue weighted by Crippen LogP contribution is 2.26. The molecular formula is C26H32FN7O. The Bertz CT molecular complexity index is 1240. The first-order valence-electron chi connectivity index (χ1n) is 11.8. The van der Waals surface area contributed by atoms with Crippen molar-refractivity contribution < 1.29 is 9.18 Å². The van der Waals surface area contributed by atoms with Gasteiger partial charge in [0.15, 0.2) is 0 Å². The van der Waals surface area contributed by atoms with Gasteiger partial charge in [0, 0.05) is 36.0 Å². The first-order valence-corrected chi connectivity index (χ1v) is 11.8. The molecule has 0 aliphatic carbocycles. The summed E-state index contributed by atoms with van der Waals surface area (Å²) in [6.45, 7) is 11.4. The van der Waals surface area contributed by atoms with Gasteiger partial charge in [-0.15, -0.1) is 0 Å². The molecule has 3 heterocycles. The molecule has 0 radical (unpaired) electrons. The van der Waals surface area contributed by atoms with Crippen molar-refractivity contribution in [3.8, 4) is 0 Å². The Hall–Kier alpha value is -3.59. The summed E-state index contributed by atoms with van der Waals surface area (Å²) in [5, 5.41) is 12.5. The Morgan fingerprint density at radius 1 is 1.09 bits per heavy atom. The summed E-state index contributed by atoms with van der Waals surface area (Å²) in [7, 11) is 0. The van der Waals surface area contributed by atoms with E-state index in [0.29, 0.717) is 11.6 Å². The Morgan fingerprint density at radius 3 is 2.63 bits per heavy atom. The third-order valence-corrected chi connectivity index (χ3v) is 5.61. The molecule has 0 fully saturated rings. The van der Waals surface area contributed by atoms with E-state index in [2.05, 4.69) is 48.4 Å². The van der Waals surface area contributed by atoms with Crippen LogP contribution in [0.2, 0.25) is 0 Å². The topological polar surface area (TPSA) is 104 Å². The maximum absolute atomic E-state index is 14.4. The number of nitrogens with one attached hydrogen (secondary N) is 4. The van der Waals surface area contributed by atoms with Gasteiger partial charge in [0.1, 0.15) is 23.0 Å².